The van der Waals surface area contributed by atoms with E-state index in [4.69, 9.17) is 21.1 Å². The molecule has 0 spiro atoms. The molecule has 0 unspecified atom stereocenters. The first-order valence-electron chi connectivity index (χ1n) is 9.25. The van der Waals surface area contributed by atoms with Gasteiger partial charge in [-0.15, -0.1) is 0 Å². The molecule has 0 fully saturated rings. The van der Waals surface area contributed by atoms with Gasteiger partial charge in [-0.05, 0) is 66.2 Å². The van der Waals surface area contributed by atoms with Crippen molar-refractivity contribution < 1.29 is 14.3 Å². The fraction of sp³-hybridized carbons (Fsp3) is 0.125. The first kappa shape index (κ1) is 19.1. The fourth-order valence-electron chi connectivity index (χ4n) is 3.20. The molecular weight excluding hydrogens is 386 g/mol. The number of hydrogen-bond donors (Lipinski definition) is 0. The van der Waals surface area contributed by atoms with Crippen LogP contribution in [0.4, 0.5) is 5.69 Å². The van der Waals surface area contributed by atoms with Gasteiger partial charge in [-0.25, -0.2) is 0 Å². The number of ether oxygens (including phenoxy) is 2. The van der Waals surface area contributed by atoms with Crippen molar-refractivity contribution in [2.24, 2.45) is 0 Å². The Morgan fingerprint density at radius 1 is 1.07 bits per heavy atom. The molecule has 0 radical (unpaired) electrons. The van der Waals surface area contributed by atoms with Crippen molar-refractivity contribution in [2.75, 3.05) is 18.7 Å². The first-order chi connectivity index (χ1) is 14.1. The molecule has 1 aliphatic rings. The van der Waals surface area contributed by atoms with Gasteiger partial charge in [-0.3, -0.25) is 4.79 Å². The SMILES string of the molecule is COc1ccc(N2COc3ccc(C(=O)/C=C/c4ccc(Cl)cc4)cc3C2)cc1. The lowest BCUT2D eigenvalue weighted by molar-refractivity contribution is 0.104. The highest BCUT2D eigenvalue weighted by atomic mass is 35.5. The number of halogens is 1. The van der Waals surface area contributed by atoms with Gasteiger partial charge < -0.3 is 14.4 Å². The van der Waals surface area contributed by atoms with Crippen LogP contribution in [0.3, 0.4) is 0 Å². The number of carbonyl (C=O) groups is 1. The molecule has 146 valence electrons. The molecule has 0 bridgehead atoms. The standard InChI is InChI=1S/C24H20ClNO3/c1-28-22-10-8-21(9-11-22)26-15-19-14-18(5-13-24(19)29-16-26)23(27)12-4-17-2-6-20(25)7-3-17/h2-14H,15-16H2,1H3/b12-4+. The number of anilines is 1. The Kier molecular flexibility index (Phi) is 5.54. The zero-order valence-electron chi connectivity index (χ0n) is 16.0. The molecule has 4 nitrogen and oxygen atoms in total. The van der Waals surface area contributed by atoms with Crippen molar-refractivity contribution >= 4 is 29.1 Å². The number of ketones is 1. The molecule has 0 atom stereocenters. The van der Waals surface area contributed by atoms with Gasteiger partial charge in [0.2, 0.25) is 0 Å². The average molecular weight is 406 g/mol. The van der Waals surface area contributed by atoms with E-state index in [1.54, 1.807) is 37.5 Å². The largest absolute Gasteiger partial charge is 0.497 e. The number of carbonyl (C=O) groups excluding carboxylic acids is 1. The van der Waals surface area contributed by atoms with Crippen LogP contribution in [0, 0.1) is 0 Å². The smallest absolute Gasteiger partial charge is 0.185 e. The summed E-state index contributed by atoms with van der Waals surface area (Å²) in [4.78, 5) is 14.7. The van der Waals surface area contributed by atoms with E-state index in [-0.39, 0.29) is 5.78 Å². The predicted octanol–water partition coefficient (Wildman–Crippen LogP) is 5.60. The van der Waals surface area contributed by atoms with Crippen LogP contribution in [0.2, 0.25) is 5.02 Å². The molecule has 0 saturated carbocycles. The lowest BCUT2D eigenvalue weighted by atomic mass is 10.0. The van der Waals surface area contributed by atoms with E-state index < -0.39 is 0 Å². The summed E-state index contributed by atoms with van der Waals surface area (Å²) >= 11 is 5.90. The second-order valence-electron chi connectivity index (χ2n) is 6.74. The monoisotopic (exact) mass is 405 g/mol. The number of methoxy groups -OCH3 is 1. The van der Waals surface area contributed by atoms with Gasteiger partial charge in [0.25, 0.3) is 0 Å². The van der Waals surface area contributed by atoms with Crippen LogP contribution in [0.15, 0.2) is 72.8 Å². The number of hydrogen-bond acceptors (Lipinski definition) is 4. The van der Waals surface area contributed by atoms with E-state index >= 15 is 0 Å². The maximum absolute atomic E-state index is 12.6. The third-order valence-electron chi connectivity index (χ3n) is 4.82. The Labute approximate surface area is 174 Å². The second-order valence-corrected chi connectivity index (χ2v) is 7.18. The second kappa shape index (κ2) is 8.41. The third kappa shape index (κ3) is 4.44. The Balaban J connectivity index is 1.50. The van der Waals surface area contributed by atoms with Crippen LogP contribution in [-0.2, 0) is 6.54 Å². The lowest BCUT2D eigenvalue weighted by Crippen LogP contribution is -2.31. The van der Waals surface area contributed by atoms with Crippen molar-refractivity contribution in [2.45, 2.75) is 6.54 Å². The Hall–Kier alpha value is -3.24. The summed E-state index contributed by atoms with van der Waals surface area (Å²) in [5, 5.41) is 0.671. The molecule has 5 heteroatoms. The van der Waals surface area contributed by atoms with Crippen LogP contribution in [-0.4, -0.2) is 19.6 Å². The first-order valence-corrected chi connectivity index (χ1v) is 9.63. The molecule has 0 saturated heterocycles. The maximum Gasteiger partial charge on any atom is 0.185 e. The van der Waals surface area contributed by atoms with Gasteiger partial charge in [0.15, 0.2) is 12.5 Å². The Bertz CT molecular complexity index is 1040. The number of benzene rings is 3. The number of allylic oxidation sites excluding steroid dienone is 1. The summed E-state index contributed by atoms with van der Waals surface area (Å²) in [5.74, 6) is 1.57. The van der Waals surface area contributed by atoms with Gasteiger partial charge >= 0.3 is 0 Å². The van der Waals surface area contributed by atoms with Crippen molar-refractivity contribution in [3.63, 3.8) is 0 Å². The van der Waals surface area contributed by atoms with Crippen molar-refractivity contribution in [3.05, 3.63) is 94.5 Å². The molecule has 0 aliphatic carbocycles. The minimum atomic E-state index is -0.0516. The summed E-state index contributed by atoms with van der Waals surface area (Å²) in [6.45, 7) is 1.13. The third-order valence-corrected chi connectivity index (χ3v) is 5.07. The number of fused-ring (bicyclic) bond motifs is 1. The summed E-state index contributed by atoms with van der Waals surface area (Å²) < 4.78 is 11.1. The molecule has 3 aromatic carbocycles. The minimum Gasteiger partial charge on any atom is -0.497 e. The Morgan fingerprint density at radius 3 is 2.55 bits per heavy atom. The van der Waals surface area contributed by atoms with E-state index in [0.29, 0.717) is 23.9 Å². The summed E-state index contributed by atoms with van der Waals surface area (Å²) in [6.07, 6.45) is 3.37. The van der Waals surface area contributed by atoms with Crippen LogP contribution < -0.4 is 14.4 Å². The highest BCUT2D eigenvalue weighted by Crippen LogP contribution is 2.30. The van der Waals surface area contributed by atoms with Gasteiger partial charge in [-0.2, -0.15) is 0 Å². The molecule has 3 aromatic rings. The van der Waals surface area contributed by atoms with E-state index in [9.17, 15) is 4.79 Å². The highest BCUT2D eigenvalue weighted by molar-refractivity contribution is 6.30. The van der Waals surface area contributed by atoms with Crippen LogP contribution in [0.1, 0.15) is 21.5 Å². The van der Waals surface area contributed by atoms with E-state index in [1.165, 1.54) is 0 Å². The molecule has 0 N–H and O–H groups in total. The molecule has 29 heavy (non-hydrogen) atoms. The quantitative estimate of drug-likeness (QED) is 0.409. The van der Waals surface area contributed by atoms with Crippen LogP contribution >= 0.6 is 11.6 Å². The minimum absolute atomic E-state index is 0.0516. The molecule has 1 aliphatic heterocycles. The van der Waals surface area contributed by atoms with Crippen LogP contribution in [0.5, 0.6) is 11.5 Å². The van der Waals surface area contributed by atoms with Crippen molar-refractivity contribution in [3.8, 4) is 11.5 Å². The summed E-state index contributed by atoms with van der Waals surface area (Å²) in [6, 6.07) is 20.8. The molecule has 1 heterocycles. The topological polar surface area (TPSA) is 38.8 Å². The summed E-state index contributed by atoms with van der Waals surface area (Å²) in [5.41, 5.74) is 3.58. The molecule has 0 amide bonds. The van der Waals surface area contributed by atoms with Gasteiger partial charge in [-0.1, -0.05) is 29.8 Å². The summed E-state index contributed by atoms with van der Waals surface area (Å²) in [7, 11) is 1.65. The average Bonchev–Trinajstić information content (AvgIpc) is 2.78. The van der Waals surface area contributed by atoms with E-state index in [1.807, 2.05) is 48.5 Å². The van der Waals surface area contributed by atoms with Crippen molar-refractivity contribution in [1.29, 1.82) is 0 Å². The van der Waals surface area contributed by atoms with Gasteiger partial charge in [0.05, 0.1) is 7.11 Å². The van der Waals surface area contributed by atoms with E-state index in [2.05, 4.69) is 4.90 Å². The normalized spacial score (nSPS) is 13.1. The Morgan fingerprint density at radius 2 is 1.83 bits per heavy atom. The zero-order chi connectivity index (χ0) is 20.2. The molecular formula is C24H20ClNO3. The lowest BCUT2D eigenvalue weighted by Gasteiger charge is -2.31. The maximum atomic E-state index is 12.6. The highest BCUT2D eigenvalue weighted by Gasteiger charge is 2.19. The molecule has 4 rings (SSSR count). The number of nitrogens with zero attached hydrogens (tertiary/aromatic N) is 1. The fourth-order valence-corrected chi connectivity index (χ4v) is 3.32. The van der Waals surface area contributed by atoms with Crippen LogP contribution in [0.25, 0.3) is 6.08 Å². The number of rotatable bonds is 5. The zero-order valence-corrected chi connectivity index (χ0v) is 16.7. The van der Waals surface area contributed by atoms with E-state index in [0.717, 1.165) is 28.3 Å². The van der Waals surface area contributed by atoms with Gasteiger partial charge in [0.1, 0.15) is 11.5 Å². The molecule has 0 aromatic heterocycles. The van der Waals surface area contributed by atoms with Gasteiger partial charge in [0, 0.05) is 28.4 Å². The van der Waals surface area contributed by atoms with Crippen molar-refractivity contribution in [1.82, 2.24) is 0 Å². The predicted molar refractivity (Wildman–Crippen MR) is 116 cm³/mol.